The molecule has 0 fully saturated rings. The third kappa shape index (κ3) is 3.12. The van der Waals surface area contributed by atoms with Crippen molar-refractivity contribution in [2.24, 2.45) is 4.99 Å². The summed E-state index contributed by atoms with van der Waals surface area (Å²) >= 11 is 0. The van der Waals surface area contributed by atoms with Gasteiger partial charge in [0.1, 0.15) is 0 Å². The number of Topliss-reactive ketones (excluding diaryl/α,β-unsaturated/α-hetero) is 1. The minimum absolute atomic E-state index is 0.122. The summed E-state index contributed by atoms with van der Waals surface area (Å²) < 4.78 is 0. The number of hydrogen-bond acceptors (Lipinski definition) is 2. The van der Waals surface area contributed by atoms with Gasteiger partial charge in [0.15, 0.2) is 5.78 Å². The van der Waals surface area contributed by atoms with Crippen LogP contribution >= 0.6 is 0 Å². The molecule has 0 radical (unpaired) electrons. The molecule has 124 valence electrons. The van der Waals surface area contributed by atoms with Crippen LogP contribution in [0.4, 0.5) is 0 Å². The smallest absolute Gasteiger partial charge is 0.168 e. The Morgan fingerprint density at radius 1 is 0.960 bits per heavy atom. The van der Waals surface area contributed by atoms with Crippen LogP contribution in [0.15, 0.2) is 71.7 Å². The van der Waals surface area contributed by atoms with Crippen LogP contribution < -0.4 is 0 Å². The van der Waals surface area contributed by atoms with Crippen molar-refractivity contribution in [3.8, 4) is 0 Å². The fraction of sp³-hybridized carbons (Fsp3) is 0.217. The van der Waals surface area contributed by atoms with Crippen LogP contribution in [-0.4, -0.2) is 17.0 Å². The molecule has 0 amide bonds. The van der Waals surface area contributed by atoms with E-state index in [0.29, 0.717) is 6.42 Å². The second-order valence-corrected chi connectivity index (χ2v) is 7.37. The van der Waals surface area contributed by atoms with E-state index in [4.69, 9.17) is 4.99 Å². The van der Waals surface area contributed by atoms with Crippen molar-refractivity contribution in [1.29, 1.82) is 0 Å². The molecule has 0 atom stereocenters. The first-order valence-corrected chi connectivity index (χ1v) is 8.71. The molecule has 3 aromatic carbocycles. The van der Waals surface area contributed by atoms with Gasteiger partial charge in [-0.3, -0.25) is 9.79 Å². The molecule has 0 N–H and O–H groups in total. The van der Waals surface area contributed by atoms with Gasteiger partial charge in [0.05, 0.1) is 17.7 Å². The molecule has 1 aliphatic heterocycles. The molecule has 1 aliphatic rings. The molecule has 2 nitrogen and oxygen atoms in total. The number of carbonyl (C=O) groups excluding carboxylic acids is 1. The minimum Gasteiger partial charge on any atom is -0.294 e. The van der Waals surface area contributed by atoms with Crippen LogP contribution in [0.1, 0.15) is 41.8 Å². The van der Waals surface area contributed by atoms with Crippen LogP contribution in [-0.2, 0) is 6.42 Å². The molecule has 25 heavy (non-hydrogen) atoms. The Kier molecular flexibility index (Phi) is 3.76. The summed E-state index contributed by atoms with van der Waals surface area (Å²) in [5.41, 5.74) is 3.90. The molecular weight excluding hydrogens is 306 g/mol. The molecule has 0 saturated carbocycles. The van der Waals surface area contributed by atoms with Crippen molar-refractivity contribution in [1.82, 2.24) is 0 Å². The molecule has 0 aliphatic carbocycles. The summed E-state index contributed by atoms with van der Waals surface area (Å²) in [6, 6.07) is 22.3. The van der Waals surface area contributed by atoms with Crippen molar-refractivity contribution in [3.63, 3.8) is 0 Å². The van der Waals surface area contributed by atoms with Crippen LogP contribution in [0.25, 0.3) is 10.8 Å². The number of rotatable bonds is 3. The van der Waals surface area contributed by atoms with Gasteiger partial charge >= 0.3 is 0 Å². The highest BCUT2D eigenvalue weighted by Crippen LogP contribution is 2.28. The summed E-state index contributed by atoms with van der Waals surface area (Å²) in [4.78, 5) is 17.8. The fourth-order valence-electron chi connectivity index (χ4n) is 3.64. The Balaban J connectivity index is 1.68. The second-order valence-electron chi connectivity index (χ2n) is 7.37. The Bertz CT molecular complexity index is 998. The average molecular weight is 327 g/mol. The summed E-state index contributed by atoms with van der Waals surface area (Å²) in [6.07, 6.45) is 1.26. The van der Waals surface area contributed by atoms with E-state index in [1.54, 1.807) is 0 Å². The average Bonchev–Trinajstić information content (AvgIpc) is 2.60. The number of nitrogens with zero attached hydrogens (tertiary/aromatic N) is 1. The third-order valence-corrected chi connectivity index (χ3v) is 4.79. The standard InChI is InChI=1S/C23H21NO/c1-23(2)15-19-9-5-6-10-20(19)21(24-23)14-22(25)18-12-11-16-7-3-4-8-17(16)13-18/h3-13H,14-15H2,1-2H3. The highest BCUT2D eigenvalue weighted by Gasteiger charge is 2.27. The van der Waals surface area contributed by atoms with Crippen molar-refractivity contribution in [3.05, 3.63) is 83.4 Å². The van der Waals surface area contributed by atoms with Gasteiger partial charge in [-0.2, -0.15) is 0 Å². The topological polar surface area (TPSA) is 29.4 Å². The van der Waals surface area contributed by atoms with E-state index in [1.165, 1.54) is 5.56 Å². The van der Waals surface area contributed by atoms with Gasteiger partial charge in [-0.05, 0) is 48.2 Å². The monoisotopic (exact) mass is 327 g/mol. The van der Waals surface area contributed by atoms with Gasteiger partial charge in [0.2, 0.25) is 0 Å². The van der Waals surface area contributed by atoms with Crippen LogP contribution in [0, 0.1) is 0 Å². The van der Waals surface area contributed by atoms with Gasteiger partial charge in [0, 0.05) is 5.56 Å². The zero-order valence-electron chi connectivity index (χ0n) is 14.6. The van der Waals surface area contributed by atoms with E-state index in [9.17, 15) is 4.79 Å². The second kappa shape index (κ2) is 5.96. The lowest BCUT2D eigenvalue weighted by Gasteiger charge is -2.29. The quantitative estimate of drug-likeness (QED) is 0.605. The largest absolute Gasteiger partial charge is 0.294 e. The lowest BCUT2D eigenvalue weighted by Crippen LogP contribution is -2.29. The molecule has 3 aromatic rings. The van der Waals surface area contributed by atoms with E-state index >= 15 is 0 Å². The van der Waals surface area contributed by atoms with Crippen LogP contribution in [0.2, 0.25) is 0 Å². The first-order valence-electron chi connectivity index (χ1n) is 8.71. The third-order valence-electron chi connectivity index (χ3n) is 4.79. The number of aliphatic imine (C=N–C) groups is 1. The highest BCUT2D eigenvalue weighted by atomic mass is 16.1. The van der Waals surface area contributed by atoms with Gasteiger partial charge in [-0.1, -0.05) is 60.7 Å². The van der Waals surface area contributed by atoms with Crippen molar-refractivity contribution in [2.45, 2.75) is 32.2 Å². The molecule has 0 bridgehead atoms. The van der Waals surface area contributed by atoms with Gasteiger partial charge in [-0.15, -0.1) is 0 Å². The first-order chi connectivity index (χ1) is 12.0. The number of carbonyl (C=O) groups is 1. The lowest BCUT2D eigenvalue weighted by molar-refractivity contribution is 0.100. The molecular formula is C23H21NO. The van der Waals surface area contributed by atoms with Crippen molar-refractivity contribution in [2.75, 3.05) is 0 Å². The molecule has 0 unspecified atom stereocenters. The van der Waals surface area contributed by atoms with Crippen LogP contribution in [0.5, 0.6) is 0 Å². The van der Waals surface area contributed by atoms with E-state index in [2.05, 4.69) is 38.1 Å². The predicted molar refractivity (Wildman–Crippen MR) is 104 cm³/mol. The Labute approximate surface area is 148 Å². The van der Waals surface area contributed by atoms with Gasteiger partial charge < -0.3 is 0 Å². The summed E-state index contributed by atoms with van der Waals surface area (Å²) in [5, 5.41) is 2.25. The van der Waals surface area contributed by atoms with Gasteiger partial charge in [0.25, 0.3) is 0 Å². The normalized spacial score (nSPS) is 15.5. The van der Waals surface area contributed by atoms with Crippen molar-refractivity contribution < 1.29 is 4.79 Å². The fourth-order valence-corrected chi connectivity index (χ4v) is 3.64. The minimum atomic E-state index is -0.159. The zero-order chi connectivity index (χ0) is 17.4. The summed E-state index contributed by atoms with van der Waals surface area (Å²) in [5.74, 6) is 0.122. The summed E-state index contributed by atoms with van der Waals surface area (Å²) in [6.45, 7) is 4.26. The number of ketones is 1. The molecule has 1 heterocycles. The SMILES string of the molecule is CC1(C)Cc2ccccc2C(CC(=O)c2ccc3ccccc3c2)=N1. The maximum Gasteiger partial charge on any atom is 0.168 e. The number of fused-ring (bicyclic) bond motifs is 2. The maximum absolute atomic E-state index is 12.9. The predicted octanol–water partition coefficient (Wildman–Crippen LogP) is 5.24. The van der Waals surface area contributed by atoms with Crippen molar-refractivity contribution >= 4 is 22.3 Å². The van der Waals surface area contributed by atoms with E-state index in [1.807, 2.05) is 42.5 Å². The molecule has 2 heteroatoms. The van der Waals surface area contributed by atoms with Gasteiger partial charge in [-0.25, -0.2) is 0 Å². The lowest BCUT2D eigenvalue weighted by atomic mass is 9.85. The molecule has 0 aromatic heterocycles. The van der Waals surface area contributed by atoms with E-state index in [0.717, 1.165) is 34.0 Å². The van der Waals surface area contributed by atoms with Crippen LogP contribution in [0.3, 0.4) is 0 Å². The number of hydrogen-bond donors (Lipinski definition) is 0. The Morgan fingerprint density at radius 2 is 1.68 bits per heavy atom. The molecule has 0 saturated heterocycles. The molecule has 0 spiro atoms. The first kappa shape index (κ1) is 15.8. The number of benzene rings is 3. The van der Waals surface area contributed by atoms with E-state index in [-0.39, 0.29) is 11.3 Å². The van der Waals surface area contributed by atoms with E-state index < -0.39 is 0 Å². The summed E-state index contributed by atoms with van der Waals surface area (Å²) in [7, 11) is 0. The highest BCUT2D eigenvalue weighted by molar-refractivity contribution is 6.17. The molecule has 4 rings (SSSR count). The Morgan fingerprint density at radius 3 is 2.52 bits per heavy atom. The maximum atomic E-state index is 12.9. The Hall–Kier alpha value is -2.74. The zero-order valence-corrected chi connectivity index (χ0v) is 14.6.